The summed E-state index contributed by atoms with van der Waals surface area (Å²) in [6.45, 7) is 7.07. The molecule has 2 aliphatic heterocycles. The standard InChI is InChI=1S/C28H30ClF3N6O2/c1-2-37-10-12-38(13-11-37)16-19-5-7-20(15-22(19)28(30,31)32)36-26(39)18-6-8-23(29)24(14-18)40-27-21-4-3-9-33-25(21)34-17-35-27/h5-8,14-15,17H,2-4,9-13,16H2,1H3,(H,36,39)(H,33,34,35). The van der Waals surface area contributed by atoms with Crippen LogP contribution in [0.2, 0.25) is 5.02 Å². The molecule has 12 heteroatoms. The number of benzene rings is 2. The second-order valence-electron chi connectivity index (χ2n) is 9.82. The number of rotatable bonds is 7. The number of likely N-dealkylation sites (N-methyl/N-ethyl adjacent to an activating group) is 1. The first-order chi connectivity index (χ1) is 19.2. The molecule has 2 aliphatic rings. The molecule has 0 saturated carbocycles. The normalized spacial score (nSPS) is 16.2. The first kappa shape index (κ1) is 28.1. The number of aromatic nitrogens is 2. The van der Waals surface area contributed by atoms with Crippen molar-refractivity contribution in [3.05, 3.63) is 70.0 Å². The van der Waals surface area contributed by atoms with Gasteiger partial charge in [-0.15, -0.1) is 0 Å². The van der Waals surface area contributed by atoms with Crippen LogP contribution in [0, 0.1) is 0 Å². The van der Waals surface area contributed by atoms with Crippen molar-refractivity contribution in [2.24, 2.45) is 0 Å². The minimum absolute atomic E-state index is 0.0465. The zero-order chi connectivity index (χ0) is 28.3. The van der Waals surface area contributed by atoms with Crippen LogP contribution in [-0.2, 0) is 19.1 Å². The van der Waals surface area contributed by atoms with Crippen molar-refractivity contribution in [2.75, 3.05) is 49.9 Å². The number of hydrogen-bond donors (Lipinski definition) is 2. The number of hydrogen-bond acceptors (Lipinski definition) is 7. The van der Waals surface area contributed by atoms with Gasteiger partial charge in [0.05, 0.1) is 16.1 Å². The monoisotopic (exact) mass is 574 g/mol. The fraction of sp³-hybridized carbons (Fsp3) is 0.393. The average molecular weight is 575 g/mol. The van der Waals surface area contributed by atoms with Gasteiger partial charge in [0.2, 0.25) is 5.88 Å². The van der Waals surface area contributed by atoms with Crippen LogP contribution >= 0.6 is 11.6 Å². The van der Waals surface area contributed by atoms with E-state index in [4.69, 9.17) is 16.3 Å². The maximum absolute atomic E-state index is 14.0. The van der Waals surface area contributed by atoms with E-state index >= 15 is 0 Å². The van der Waals surface area contributed by atoms with Gasteiger partial charge in [0.1, 0.15) is 17.9 Å². The predicted octanol–water partition coefficient (Wildman–Crippen LogP) is 5.69. The third kappa shape index (κ3) is 6.48. The predicted molar refractivity (Wildman–Crippen MR) is 147 cm³/mol. The van der Waals surface area contributed by atoms with Gasteiger partial charge in [0.25, 0.3) is 5.91 Å². The lowest BCUT2D eigenvalue weighted by atomic mass is 10.0. The van der Waals surface area contributed by atoms with Gasteiger partial charge in [0.15, 0.2) is 0 Å². The van der Waals surface area contributed by atoms with Crippen molar-refractivity contribution in [3.63, 3.8) is 0 Å². The number of alkyl halides is 3. The molecule has 3 heterocycles. The lowest BCUT2D eigenvalue weighted by Gasteiger charge is -2.34. The topological polar surface area (TPSA) is 82.6 Å². The number of amides is 1. The number of piperazine rings is 1. The third-order valence-corrected chi connectivity index (χ3v) is 7.49. The summed E-state index contributed by atoms with van der Waals surface area (Å²) in [6, 6.07) is 8.35. The highest BCUT2D eigenvalue weighted by Crippen LogP contribution is 2.36. The number of nitrogens with one attached hydrogen (secondary N) is 2. The molecule has 0 spiro atoms. The average Bonchev–Trinajstić information content (AvgIpc) is 2.95. The second-order valence-corrected chi connectivity index (χ2v) is 10.2. The summed E-state index contributed by atoms with van der Waals surface area (Å²) < 4.78 is 48.0. The van der Waals surface area contributed by atoms with Crippen molar-refractivity contribution in [3.8, 4) is 11.6 Å². The van der Waals surface area contributed by atoms with Crippen molar-refractivity contribution >= 4 is 29.0 Å². The highest BCUT2D eigenvalue weighted by atomic mass is 35.5. The number of nitrogens with zero attached hydrogens (tertiary/aromatic N) is 4. The number of anilines is 2. The van der Waals surface area contributed by atoms with Crippen LogP contribution in [-0.4, -0.2) is 64.9 Å². The minimum Gasteiger partial charge on any atom is -0.437 e. The molecule has 0 unspecified atom stereocenters. The molecule has 1 amide bonds. The number of carbonyl (C=O) groups is 1. The lowest BCUT2D eigenvalue weighted by Crippen LogP contribution is -2.45. The Hall–Kier alpha value is -3.41. The van der Waals surface area contributed by atoms with E-state index in [0.29, 0.717) is 24.8 Å². The van der Waals surface area contributed by atoms with Crippen molar-refractivity contribution in [1.82, 2.24) is 19.8 Å². The van der Waals surface area contributed by atoms with Gasteiger partial charge >= 0.3 is 6.18 Å². The van der Waals surface area contributed by atoms with Crippen LogP contribution in [0.4, 0.5) is 24.7 Å². The van der Waals surface area contributed by atoms with Crippen molar-refractivity contribution < 1.29 is 22.7 Å². The van der Waals surface area contributed by atoms with Crippen LogP contribution in [0.25, 0.3) is 0 Å². The minimum atomic E-state index is -4.56. The van der Waals surface area contributed by atoms with Gasteiger partial charge in [-0.1, -0.05) is 24.6 Å². The molecule has 0 bridgehead atoms. The summed E-state index contributed by atoms with van der Waals surface area (Å²) in [4.78, 5) is 25.8. The first-order valence-corrected chi connectivity index (χ1v) is 13.6. The largest absolute Gasteiger partial charge is 0.437 e. The Kier molecular flexibility index (Phi) is 8.43. The van der Waals surface area contributed by atoms with Gasteiger partial charge in [-0.2, -0.15) is 13.2 Å². The Bertz CT molecular complexity index is 1380. The Morgan fingerprint density at radius 3 is 2.62 bits per heavy atom. The molecule has 1 fully saturated rings. The highest BCUT2D eigenvalue weighted by molar-refractivity contribution is 6.32. The Labute approximate surface area is 235 Å². The Morgan fingerprint density at radius 2 is 1.88 bits per heavy atom. The SMILES string of the molecule is CCN1CCN(Cc2ccc(NC(=O)c3ccc(Cl)c(Oc4ncnc5c4CCCN5)c3)cc2C(F)(F)F)CC1. The van der Waals surface area contributed by atoms with E-state index in [1.54, 1.807) is 0 Å². The van der Waals surface area contributed by atoms with E-state index in [2.05, 4.69) is 32.4 Å². The molecule has 1 saturated heterocycles. The maximum Gasteiger partial charge on any atom is 0.416 e. The zero-order valence-corrected chi connectivity index (χ0v) is 22.8. The van der Waals surface area contributed by atoms with Gasteiger partial charge in [0, 0.05) is 50.5 Å². The number of halogens is 4. The summed E-state index contributed by atoms with van der Waals surface area (Å²) in [5.41, 5.74) is 0.453. The summed E-state index contributed by atoms with van der Waals surface area (Å²) in [5.74, 6) is 0.631. The number of carbonyl (C=O) groups excluding carboxylic acids is 1. The first-order valence-electron chi connectivity index (χ1n) is 13.2. The van der Waals surface area contributed by atoms with E-state index in [0.717, 1.165) is 50.7 Å². The molecule has 0 aliphatic carbocycles. The highest BCUT2D eigenvalue weighted by Gasteiger charge is 2.34. The number of fused-ring (bicyclic) bond motifs is 1. The van der Waals surface area contributed by atoms with E-state index in [9.17, 15) is 18.0 Å². The molecule has 5 rings (SSSR count). The molecule has 2 aromatic carbocycles. The molecular formula is C28H30ClF3N6O2. The smallest absolute Gasteiger partial charge is 0.416 e. The van der Waals surface area contributed by atoms with Gasteiger partial charge in [-0.25, -0.2) is 9.97 Å². The zero-order valence-electron chi connectivity index (χ0n) is 22.0. The maximum atomic E-state index is 14.0. The lowest BCUT2D eigenvalue weighted by molar-refractivity contribution is -0.138. The molecule has 3 aromatic rings. The summed E-state index contributed by atoms with van der Waals surface area (Å²) in [6.07, 6.45) is -1.57. The van der Waals surface area contributed by atoms with Crippen LogP contribution < -0.4 is 15.4 Å². The fourth-order valence-corrected chi connectivity index (χ4v) is 5.08. The van der Waals surface area contributed by atoms with E-state index in [1.807, 2.05) is 4.90 Å². The van der Waals surface area contributed by atoms with Crippen LogP contribution in [0.15, 0.2) is 42.7 Å². The quantitative estimate of drug-likeness (QED) is 0.375. The van der Waals surface area contributed by atoms with E-state index in [-0.39, 0.29) is 34.1 Å². The molecule has 2 N–H and O–H groups in total. The van der Waals surface area contributed by atoms with Gasteiger partial charge < -0.3 is 20.3 Å². The molecule has 0 radical (unpaired) electrons. The molecule has 0 atom stereocenters. The summed E-state index contributed by atoms with van der Waals surface area (Å²) in [5, 5.41) is 6.04. The summed E-state index contributed by atoms with van der Waals surface area (Å²) >= 11 is 6.33. The summed E-state index contributed by atoms with van der Waals surface area (Å²) in [7, 11) is 0. The van der Waals surface area contributed by atoms with Crippen LogP contribution in [0.1, 0.15) is 40.4 Å². The Morgan fingerprint density at radius 1 is 1.10 bits per heavy atom. The van der Waals surface area contributed by atoms with Crippen LogP contribution in [0.3, 0.4) is 0 Å². The molecule has 40 heavy (non-hydrogen) atoms. The van der Waals surface area contributed by atoms with Crippen molar-refractivity contribution in [1.29, 1.82) is 0 Å². The number of ether oxygens (including phenoxy) is 1. The third-order valence-electron chi connectivity index (χ3n) is 7.18. The van der Waals surface area contributed by atoms with Crippen LogP contribution in [0.5, 0.6) is 11.6 Å². The second kappa shape index (κ2) is 12.0. The Balaban J connectivity index is 1.32. The van der Waals surface area contributed by atoms with E-state index < -0.39 is 17.6 Å². The van der Waals surface area contributed by atoms with Gasteiger partial charge in [-0.05, 0) is 55.3 Å². The molecule has 8 nitrogen and oxygen atoms in total. The van der Waals surface area contributed by atoms with Crippen molar-refractivity contribution in [2.45, 2.75) is 32.5 Å². The molecular weight excluding hydrogens is 545 g/mol. The molecule has 1 aromatic heterocycles. The van der Waals surface area contributed by atoms with E-state index in [1.165, 1.54) is 36.7 Å². The van der Waals surface area contributed by atoms with Gasteiger partial charge in [-0.3, -0.25) is 9.69 Å². The fourth-order valence-electron chi connectivity index (χ4n) is 4.92. The molecule has 212 valence electrons.